The van der Waals surface area contributed by atoms with Crippen molar-refractivity contribution in [3.63, 3.8) is 0 Å². The van der Waals surface area contributed by atoms with E-state index in [1.54, 1.807) is 24.3 Å². The van der Waals surface area contributed by atoms with Gasteiger partial charge in [-0.3, -0.25) is 15.2 Å². The highest BCUT2D eigenvalue weighted by Crippen LogP contribution is 2.41. The third-order valence-electron chi connectivity index (χ3n) is 6.64. The molecule has 11 nitrogen and oxygen atoms in total. The Morgan fingerprint density at radius 3 is 1.65 bits per heavy atom. The van der Waals surface area contributed by atoms with Gasteiger partial charge in [0.15, 0.2) is 11.5 Å². The molecular formula is C36H36N4O7S. The molecule has 48 heavy (non-hydrogen) atoms. The van der Waals surface area contributed by atoms with Crippen molar-refractivity contribution >= 4 is 22.3 Å². The molecule has 0 atom stereocenters. The summed E-state index contributed by atoms with van der Waals surface area (Å²) in [5.74, 6) is 0.650. The Kier molecular flexibility index (Phi) is 12.7. The molecule has 5 rings (SSSR count). The third kappa shape index (κ3) is 11.0. The van der Waals surface area contributed by atoms with Crippen LogP contribution >= 0.6 is 0 Å². The number of hydrogen-bond acceptors (Lipinski definition) is 8. The first-order chi connectivity index (χ1) is 23.1. The zero-order valence-electron chi connectivity index (χ0n) is 26.1. The maximum atomic E-state index is 10.5. The lowest BCUT2D eigenvalue weighted by Gasteiger charge is -2.19. The van der Waals surface area contributed by atoms with Gasteiger partial charge in [-0.25, -0.2) is 0 Å². The molecule has 0 heterocycles. The minimum absolute atomic E-state index is 0.0666. The number of nitrogens with two attached hydrogens (primary N) is 1. The van der Waals surface area contributed by atoms with Gasteiger partial charge in [-0.1, -0.05) is 109 Å². The number of ether oxygens (including phenoxy) is 3. The first-order valence-corrected chi connectivity index (χ1v) is 16.1. The van der Waals surface area contributed by atoms with Crippen LogP contribution in [-0.4, -0.2) is 35.5 Å². The number of nitrogens with zero attached hydrogens (tertiary/aromatic N) is 2. The summed E-state index contributed by atoms with van der Waals surface area (Å²) in [6, 6.07) is 38.8. The van der Waals surface area contributed by atoms with E-state index in [0.717, 1.165) is 22.3 Å². The van der Waals surface area contributed by atoms with Crippen molar-refractivity contribution in [2.24, 2.45) is 10.8 Å². The number of aryl methyl sites for hydroxylation is 1. The Labute approximate surface area is 279 Å². The van der Waals surface area contributed by atoms with Crippen molar-refractivity contribution in [1.29, 1.82) is 5.41 Å². The molecule has 0 aliphatic rings. The first-order valence-electron chi connectivity index (χ1n) is 14.7. The van der Waals surface area contributed by atoms with E-state index in [4.69, 9.17) is 29.9 Å². The van der Waals surface area contributed by atoms with Gasteiger partial charge in [-0.2, -0.15) is 13.5 Å². The van der Waals surface area contributed by atoms with Gasteiger partial charge in [0, 0.05) is 5.56 Å². The number of hydroxylamine groups is 1. The molecule has 12 heteroatoms. The van der Waals surface area contributed by atoms with Crippen LogP contribution < -0.4 is 19.9 Å². The van der Waals surface area contributed by atoms with Crippen LogP contribution in [0.2, 0.25) is 0 Å². The van der Waals surface area contributed by atoms with E-state index in [2.05, 4.69) is 5.10 Å². The average Bonchev–Trinajstić information content (AvgIpc) is 3.09. The van der Waals surface area contributed by atoms with Crippen LogP contribution in [0.1, 0.15) is 27.8 Å². The predicted molar refractivity (Wildman–Crippen MR) is 183 cm³/mol. The number of hydrazone groups is 1. The molecule has 5 aromatic rings. The summed E-state index contributed by atoms with van der Waals surface area (Å²) in [6.45, 7) is 2.72. The number of rotatable bonds is 12. The van der Waals surface area contributed by atoms with Crippen molar-refractivity contribution in [3.05, 3.63) is 155 Å². The van der Waals surface area contributed by atoms with E-state index in [9.17, 15) is 13.6 Å². The molecule has 5 aromatic carbocycles. The lowest BCUT2D eigenvalue weighted by atomic mass is 10.1. The molecule has 0 radical (unpaired) electrons. The van der Waals surface area contributed by atoms with Gasteiger partial charge in [0.05, 0.1) is 11.1 Å². The van der Waals surface area contributed by atoms with Crippen LogP contribution in [0.25, 0.3) is 0 Å². The molecule has 0 aromatic heterocycles. The minimum Gasteiger partial charge on any atom is -0.485 e. The van der Waals surface area contributed by atoms with Gasteiger partial charge in [-0.15, -0.1) is 5.17 Å². The van der Waals surface area contributed by atoms with Crippen molar-refractivity contribution < 1.29 is 32.4 Å². The monoisotopic (exact) mass is 668 g/mol. The fourth-order valence-electron chi connectivity index (χ4n) is 4.14. The Hall–Kier alpha value is -5.69. The minimum atomic E-state index is -4.02. The van der Waals surface area contributed by atoms with Crippen LogP contribution in [0.15, 0.2) is 137 Å². The van der Waals surface area contributed by atoms with Crippen LogP contribution in [0.4, 0.5) is 0 Å². The van der Waals surface area contributed by atoms with Crippen molar-refractivity contribution in [3.8, 4) is 17.2 Å². The molecule has 0 saturated heterocycles. The van der Waals surface area contributed by atoms with E-state index in [-0.39, 0.29) is 23.3 Å². The summed E-state index contributed by atoms with van der Waals surface area (Å²) in [4.78, 5) is -0.0666. The normalized spacial score (nSPS) is 10.9. The second-order valence-electron chi connectivity index (χ2n) is 10.3. The average molecular weight is 669 g/mol. The van der Waals surface area contributed by atoms with Crippen molar-refractivity contribution in [1.82, 2.24) is 5.17 Å². The summed E-state index contributed by atoms with van der Waals surface area (Å²) in [7, 11) is -4.02. The molecule has 0 amide bonds. The smallest absolute Gasteiger partial charge is 0.294 e. The van der Waals surface area contributed by atoms with E-state index in [1.807, 2.05) is 97.9 Å². The number of hydrogen-bond donors (Lipinski definition) is 4. The maximum Gasteiger partial charge on any atom is 0.294 e. The third-order valence-corrected chi connectivity index (χ3v) is 7.50. The topological polar surface area (TPSA) is 168 Å². The molecular weight excluding hydrogens is 632 g/mol. The molecule has 248 valence electrons. The Balaban J connectivity index is 0.000000401. The SMILES string of the molecule is Cc1ccc(S(=O)(=O)O)cc1.N=C(N)N(O)N=Cc1ccc(OCc2ccccc2)c(OCc2ccccc2)c1OCc1ccccc1. The highest BCUT2D eigenvalue weighted by molar-refractivity contribution is 7.85. The van der Waals surface area contributed by atoms with Crippen molar-refractivity contribution in [2.45, 2.75) is 31.6 Å². The predicted octanol–water partition coefficient (Wildman–Crippen LogP) is 6.58. The number of benzene rings is 5. The number of guanidine groups is 1. The molecule has 0 bridgehead atoms. The van der Waals surface area contributed by atoms with E-state index in [0.29, 0.717) is 29.4 Å². The van der Waals surface area contributed by atoms with Gasteiger partial charge >= 0.3 is 0 Å². The second kappa shape index (κ2) is 17.3. The van der Waals surface area contributed by atoms with Crippen LogP contribution in [0.5, 0.6) is 17.2 Å². The van der Waals surface area contributed by atoms with Crippen LogP contribution in [0, 0.1) is 12.3 Å². The molecule has 0 spiro atoms. The zero-order valence-corrected chi connectivity index (χ0v) is 27.0. The molecule has 0 aliphatic carbocycles. The maximum absolute atomic E-state index is 10.5. The summed E-state index contributed by atoms with van der Waals surface area (Å²) in [6.07, 6.45) is 1.35. The summed E-state index contributed by atoms with van der Waals surface area (Å²) >= 11 is 0. The van der Waals surface area contributed by atoms with Crippen LogP contribution in [0.3, 0.4) is 0 Å². The van der Waals surface area contributed by atoms with E-state index < -0.39 is 16.1 Å². The van der Waals surface area contributed by atoms with Gasteiger partial charge in [0.2, 0.25) is 11.7 Å². The van der Waals surface area contributed by atoms with E-state index in [1.165, 1.54) is 18.3 Å². The van der Waals surface area contributed by atoms with Crippen LogP contribution in [-0.2, 0) is 29.9 Å². The summed E-state index contributed by atoms with van der Waals surface area (Å²) in [5.41, 5.74) is 9.71. The quantitative estimate of drug-likeness (QED) is 0.0497. The lowest BCUT2D eigenvalue weighted by Crippen LogP contribution is -2.28. The molecule has 0 fully saturated rings. The summed E-state index contributed by atoms with van der Waals surface area (Å²) < 4.78 is 48.2. The van der Waals surface area contributed by atoms with Gasteiger partial charge < -0.3 is 19.9 Å². The van der Waals surface area contributed by atoms with Crippen molar-refractivity contribution in [2.75, 3.05) is 0 Å². The first kappa shape index (κ1) is 35.2. The summed E-state index contributed by atoms with van der Waals surface area (Å²) in [5, 5.41) is 21.2. The molecule has 0 unspecified atom stereocenters. The Bertz CT molecular complexity index is 1890. The lowest BCUT2D eigenvalue weighted by molar-refractivity contribution is -0.0139. The molecule has 5 N–H and O–H groups in total. The number of nitrogens with one attached hydrogen (secondary N) is 1. The zero-order chi connectivity index (χ0) is 34.4. The highest BCUT2D eigenvalue weighted by atomic mass is 32.2. The fraction of sp³-hybridized carbons (Fsp3) is 0.111. The largest absolute Gasteiger partial charge is 0.485 e. The fourth-order valence-corrected chi connectivity index (χ4v) is 4.62. The Morgan fingerprint density at radius 1 is 0.729 bits per heavy atom. The molecule has 0 aliphatic heterocycles. The van der Waals surface area contributed by atoms with Gasteiger partial charge in [0.1, 0.15) is 19.8 Å². The van der Waals surface area contributed by atoms with E-state index >= 15 is 0 Å². The highest BCUT2D eigenvalue weighted by Gasteiger charge is 2.19. The Morgan fingerprint density at radius 2 is 1.19 bits per heavy atom. The second-order valence-corrected chi connectivity index (χ2v) is 11.8. The van der Waals surface area contributed by atoms with Gasteiger partial charge in [0.25, 0.3) is 10.1 Å². The van der Waals surface area contributed by atoms with Gasteiger partial charge in [-0.05, 0) is 47.9 Å². The molecule has 0 saturated carbocycles. The standard InChI is InChI=1S/C29H28N4O4.C7H8O3S/c30-29(31)33(34)32-18-25-16-17-26(35-19-22-10-4-1-5-11-22)28(37-21-24-14-8-3-9-15-24)27(25)36-20-23-12-6-2-7-13-23;1-6-2-4-7(5-3-6)11(8,9)10/h1-18,34H,19-21H2,(H3,30,31);2-5H,1H3,(H,8,9,10).